The first-order chi connectivity index (χ1) is 12.0. The number of nitrogens with one attached hydrogen (secondary N) is 2. The Morgan fingerprint density at radius 3 is 2.36 bits per heavy atom. The van der Waals surface area contributed by atoms with Crippen LogP contribution in [0.3, 0.4) is 0 Å². The molecule has 2 rings (SSSR count). The molecule has 6 heteroatoms. The Hall–Kier alpha value is -3.02. The number of ether oxygens (including phenoxy) is 1. The predicted octanol–water partition coefficient (Wildman–Crippen LogP) is 3.53. The highest BCUT2D eigenvalue weighted by molar-refractivity contribution is 5.87. The van der Waals surface area contributed by atoms with Gasteiger partial charge in [0.15, 0.2) is 0 Å². The lowest BCUT2D eigenvalue weighted by atomic mass is 10.1. The summed E-state index contributed by atoms with van der Waals surface area (Å²) in [4.78, 5) is 23.5. The minimum atomic E-state index is -0.663. The zero-order chi connectivity index (χ0) is 18.2. The average Bonchev–Trinajstić information content (AvgIpc) is 2.59. The van der Waals surface area contributed by atoms with E-state index in [4.69, 9.17) is 10.5 Å². The van der Waals surface area contributed by atoms with Gasteiger partial charge in [-0.05, 0) is 29.7 Å². The van der Waals surface area contributed by atoms with E-state index in [0.717, 1.165) is 5.56 Å². The molecule has 25 heavy (non-hydrogen) atoms. The molecule has 0 aliphatic carbocycles. The van der Waals surface area contributed by atoms with Crippen molar-refractivity contribution in [3.8, 4) is 0 Å². The highest BCUT2D eigenvalue weighted by Crippen LogP contribution is 2.22. The van der Waals surface area contributed by atoms with Gasteiger partial charge in [0.1, 0.15) is 6.04 Å². The number of benzene rings is 2. The molecule has 0 unspecified atom stereocenters. The third kappa shape index (κ3) is 5.84. The van der Waals surface area contributed by atoms with Crippen molar-refractivity contribution in [1.82, 2.24) is 0 Å². The van der Waals surface area contributed by atoms with Crippen molar-refractivity contribution in [3.63, 3.8) is 0 Å². The second kappa shape index (κ2) is 8.73. The number of amides is 2. The minimum absolute atomic E-state index is 0.265. The third-order valence-electron chi connectivity index (χ3n) is 3.39. The quantitative estimate of drug-likeness (QED) is 0.718. The van der Waals surface area contributed by atoms with Crippen LogP contribution in [0.4, 0.5) is 16.2 Å². The maximum atomic E-state index is 11.8. The molecule has 0 aliphatic heterocycles. The molecule has 2 aromatic rings. The molecule has 4 N–H and O–H groups in total. The van der Waals surface area contributed by atoms with Crippen LogP contribution in [-0.2, 0) is 9.53 Å². The molecule has 0 fully saturated rings. The molecule has 0 bridgehead atoms. The maximum Gasteiger partial charge on any atom is 0.411 e. The maximum absolute atomic E-state index is 11.8. The molecule has 0 saturated carbocycles. The van der Waals surface area contributed by atoms with Crippen LogP contribution in [0.5, 0.6) is 0 Å². The van der Waals surface area contributed by atoms with E-state index in [1.807, 2.05) is 44.2 Å². The van der Waals surface area contributed by atoms with Gasteiger partial charge >= 0.3 is 6.09 Å². The fraction of sp³-hybridized carbons (Fsp3) is 0.263. The highest BCUT2D eigenvalue weighted by atomic mass is 16.5. The van der Waals surface area contributed by atoms with Crippen LogP contribution in [-0.4, -0.2) is 18.6 Å². The Bertz CT molecular complexity index is 717. The molecule has 132 valence electrons. The summed E-state index contributed by atoms with van der Waals surface area (Å²) >= 11 is 0. The van der Waals surface area contributed by atoms with Crippen molar-refractivity contribution in [2.24, 2.45) is 11.7 Å². The fourth-order valence-electron chi connectivity index (χ4n) is 2.21. The summed E-state index contributed by atoms with van der Waals surface area (Å²) in [7, 11) is 0. The molecule has 0 heterocycles. The monoisotopic (exact) mass is 341 g/mol. The number of hydrogen-bond donors (Lipinski definition) is 3. The van der Waals surface area contributed by atoms with E-state index in [9.17, 15) is 9.59 Å². The number of anilines is 2. The molecule has 0 spiro atoms. The molecule has 0 aromatic heterocycles. The predicted molar refractivity (Wildman–Crippen MR) is 98.3 cm³/mol. The van der Waals surface area contributed by atoms with E-state index >= 15 is 0 Å². The first kappa shape index (κ1) is 18.3. The van der Waals surface area contributed by atoms with Crippen molar-refractivity contribution >= 4 is 23.4 Å². The molecular weight excluding hydrogens is 318 g/mol. The Morgan fingerprint density at radius 1 is 1.04 bits per heavy atom. The standard InChI is InChI=1S/C19H23N3O3/c1-13(2)12-25-19(24)22-16-10-6-9-15(11-16)21-17(18(20)23)14-7-4-3-5-8-14/h3-11,13,17,21H,12H2,1-2H3,(H2,20,23)(H,22,24)/t17-/m0/s1. The van der Waals surface area contributed by atoms with E-state index in [2.05, 4.69) is 10.6 Å². The van der Waals surface area contributed by atoms with Crippen LogP contribution in [0.1, 0.15) is 25.5 Å². The normalized spacial score (nSPS) is 11.6. The largest absolute Gasteiger partial charge is 0.449 e. The van der Waals surface area contributed by atoms with Gasteiger partial charge in [0.25, 0.3) is 0 Å². The Labute approximate surface area is 147 Å². The number of nitrogens with two attached hydrogens (primary N) is 1. The van der Waals surface area contributed by atoms with Crippen LogP contribution in [0.15, 0.2) is 54.6 Å². The summed E-state index contributed by atoms with van der Waals surface area (Å²) in [6.07, 6.45) is -0.514. The van der Waals surface area contributed by atoms with E-state index < -0.39 is 18.0 Å². The molecule has 0 aliphatic rings. The zero-order valence-corrected chi connectivity index (χ0v) is 14.4. The van der Waals surface area contributed by atoms with Gasteiger partial charge in [-0.2, -0.15) is 0 Å². The van der Waals surface area contributed by atoms with Crippen molar-refractivity contribution in [2.75, 3.05) is 17.2 Å². The molecule has 6 nitrogen and oxygen atoms in total. The van der Waals surface area contributed by atoms with E-state index in [1.165, 1.54) is 0 Å². The second-order valence-electron chi connectivity index (χ2n) is 6.09. The van der Waals surface area contributed by atoms with E-state index in [1.54, 1.807) is 24.3 Å². The smallest absolute Gasteiger partial charge is 0.411 e. The van der Waals surface area contributed by atoms with Crippen molar-refractivity contribution in [3.05, 3.63) is 60.2 Å². The molecule has 0 radical (unpaired) electrons. The fourth-order valence-corrected chi connectivity index (χ4v) is 2.21. The van der Waals surface area contributed by atoms with Crippen molar-refractivity contribution in [2.45, 2.75) is 19.9 Å². The van der Waals surface area contributed by atoms with Gasteiger partial charge in [-0.1, -0.05) is 50.2 Å². The first-order valence-corrected chi connectivity index (χ1v) is 8.10. The van der Waals surface area contributed by atoms with Gasteiger partial charge in [-0.15, -0.1) is 0 Å². The number of carbonyl (C=O) groups is 2. The number of carbonyl (C=O) groups excluding carboxylic acids is 2. The molecule has 2 amide bonds. The Kier molecular flexibility index (Phi) is 6.39. The lowest BCUT2D eigenvalue weighted by Gasteiger charge is -2.18. The Morgan fingerprint density at radius 2 is 1.72 bits per heavy atom. The van der Waals surface area contributed by atoms with Crippen molar-refractivity contribution in [1.29, 1.82) is 0 Å². The summed E-state index contributed by atoms with van der Waals surface area (Å²) < 4.78 is 5.09. The summed E-state index contributed by atoms with van der Waals surface area (Å²) in [6, 6.07) is 15.6. The summed E-state index contributed by atoms with van der Waals surface area (Å²) in [5.74, 6) is -0.221. The first-order valence-electron chi connectivity index (χ1n) is 8.10. The molecule has 2 aromatic carbocycles. The van der Waals surface area contributed by atoms with E-state index in [-0.39, 0.29) is 5.92 Å². The van der Waals surface area contributed by atoms with Gasteiger partial charge in [-0.25, -0.2) is 4.79 Å². The summed E-state index contributed by atoms with van der Waals surface area (Å²) in [6.45, 7) is 4.28. The SMILES string of the molecule is CC(C)COC(=O)Nc1cccc(N[C@H](C(N)=O)c2ccccc2)c1. The molecule has 0 saturated heterocycles. The molecule has 1 atom stereocenters. The van der Waals surface area contributed by atoms with Crippen molar-refractivity contribution < 1.29 is 14.3 Å². The third-order valence-corrected chi connectivity index (χ3v) is 3.39. The van der Waals surface area contributed by atoms with Crippen LogP contribution < -0.4 is 16.4 Å². The van der Waals surface area contributed by atoms with Gasteiger partial charge < -0.3 is 15.8 Å². The number of rotatable bonds is 7. The number of primary amides is 1. The van der Waals surface area contributed by atoms with Gasteiger partial charge in [0, 0.05) is 11.4 Å². The summed E-state index contributed by atoms with van der Waals surface area (Å²) in [5.41, 5.74) is 7.51. The van der Waals surface area contributed by atoms with Gasteiger partial charge in [-0.3, -0.25) is 10.1 Å². The zero-order valence-electron chi connectivity index (χ0n) is 14.4. The lowest BCUT2D eigenvalue weighted by molar-refractivity contribution is -0.118. The highest BCUT2D eigenvalue weighted by Gasteiger charge is 2.17. The van der Waals surface area contributed by atoms with Crippen LogP contribution in [0, 0.1) is 5.92 Å². The van der Waals surface area contributed by atoms with E-state index in [0.29, 0.717) is 18.0 Å². The second-order valence-corrected chi connectivity index (χ2v) is 6.09. The Balaban J connectivity index is 2.07. The minimum Gasteiger partial charge on any atom is -0.449 e. The summed E-state index contributed by atoms with van der Waals surface area (Å²) in [5, 5.41) is 5.75. The van der Waals surface area contributed by atoms with Crippen LogP contribution >= 0.6 is 0 Å². The average molecular weight is 341 g/mol. The van der Waals surface area contributed by atoms with Crippen LogP contribution in [0.25, 0.3) is 0 Å². The number of hydrogen-bond acceptors (Lipinski definition) is 4. The molecular formula is C19H23N3O3. The topological polar surface area (TPSA) is 93.4 Å². The van der Waals surface area contributed by atoms with Gasteiger partial charge in [0.05, 0.1) is 6.61 Å². The lowest BCUT2D eigenvalue weighted by Crippen LogP contribution is -2.27. The van der Waals surface area contributed by atoms with Gasteiger partial charge in [0.2, 0.25) is 5.91 Å². The van der Waals surface area contributed by atoms with Crippen LogP contribution in [0.2, 0.25) is 0 Å².